The minimum absolute atomic E-state index is 0.00133. The van der Waals surface area contributed by atoms with Gasteiger partial charge in [0, 0.05) is 18.9 Å². The number of nitrogens with one attached hydrogen (secondary N) is 1. The quantitative estimate of drug-likeness (QED) is 0.472. The first-order valence-corrected chi connectivity index (χ1v) is 9.94. The van der Waals surface area contributed by atoms with Gasteiger partial charge in [0.2, 0.25) is 5.91 Å². The highest BCUT2D eigenvalue weighted by Crippen LogP contribution is 2.32. The van der Waals surface area contributed by atoms with Crippen molar-refractivity contribution < 1.29 is 19.1 Å². The second kappa shape index (κ2) is 12.9. The van der Waals surface area contributed by atoms with Gasteiger partial charge >= 0.3 is 0 Å². The number of ether oxygens (including phenoxy) is 1. The van der Waals surface area contributed by atoms with Crippen LogP contribution in [0.5, 0.6) is 0 Å². The highest BCUT2D eigenvalue weighted by molar-refractivity contribution is 6.67. The lowest BCUT2D eigenvalue weighted by atomic mass is 10.1. The van der Waals surface area contributed by atoms with Crippen LogP contribution in [-0.2, 0) is 19.1 Å². The second-order valence-electron chi connectivity index (χ2n) is 6.79. The molecular weight excluding hydrogens is 427 g/mol. The van der Waals surface area contributed by atoms with Gasteiger partial charge in [-0.3, -0.25) is 19.3 Å². The normalized spacial score (nSPS) is 14.6. The number of rotatable bonds is 7. The molecule has 0 fully saturated rings. The molecule has 0 saturated heterocycles. The van der Waals surface area contributed by atoms with Crippen LogP contribution < -0.4 is 5.32 Å². The summed E-state index contributed by atoms with van der Waals surface area (Å²) in [6, 6.07) is -1.00. The molecule has 3 amide bonds. The molecule has 1 unspecified atom stereocenters. The van der Waals surface area contributed by atoms with Gasteiger partial charge in [-0.05, 0) is 18.8 Å². The zero-order valence-electron chi connectivity index (χ0n) is 16.6. The molecule has 1 aliphatic heterocycles. The van der Waals surface area contributed by atoms with E-state index in [1.54, 1.807) is 0 Å². The number of carbonyl (C=O) groups is 3. The third-order valence-corrected chi connectivity index (χ3v) is 3.81. The lowest BCUT2D eigenvalue weighted by Crippen LogP contribution is -2.49. The standard InChI is InChI=1S/C15H17Cl3N2O4.C4H10/c1-3-4-5-12(21)19-11(6-7-15(16,17)18)14(23)20-9-10(24-2)8-13(20)22;1-4(2)3/h1,8,11H,4-7,9H2,2H3,(H,19,21);4H,1-3H3. The molecule has 0 saturated carbocycles. The molecule has 1 atom stereocenters. The van der Waals surface area contributed by atoms with E-state index < -0.39 is 27.6 Å². The minimum Gasteiger partial charge on any atom is -0.499 e. The van der Waals surface area contributed by atoms with Crippen LogP contribution in [0.15, 0.2) is 11.8 Å². The van der Waals surface area contributed by atoms with Gasteiger partial charge in [0.1, 0.15) is 11.8 Å². The minimum atomic E-state index is -1.58. The molecule has 158 valence electrons. The molecule has 1 aliphatic rings. The summed E-state index contributed by atoms with van der Waals surface area (Å²) in [6.07, 6.45) is 6.69. The van der Waals surface area contributed by atoms with Crippen LogP contribution in [-0.4, -0.2) is 46.1 Å². The fourth-order valence-corrected chi connectivity index (χ4v) is 2.34. The van der Waals surface area contributed by atoms with E-state index in [9.17, 15) is 14.4 Å². The highest BCUT2D eigenvalue weighted by Gasteiger charge is 2.35. The Kier molecular flexibility index (Phi) is 12.3. The number of nitrogens with zero attached hydrogens (tertiary/aromatic N) is 1. The average Bonchev–Trinajstić information content (AvgIpc) is 2.95. The highest BCUT2D eigenvalue weighted by atomic mass is 35.6. The maximum Gasteiger partial charge on any atom is 0.257 e. The van der Waals surface area contributed by atoms with Crippen molar-refractivity contribution >= 4 is 52.5 Å². The molecule has 0 radical (unpaired) electrons. The number of hydrogen-bond acceptors (Lipinski definition) is 4. The maximum atomic E-state index is 12.6. The smallest absolute Gasteiger partial charge is 0.257 e. The van der Waals surface area contributed by atoms with Gasteiger partial charge < -0.3 is 10.1 Å². The predicted molar refractivity (Wildman–Crippen MR) is 112 cm³/mol. The van der Waals surface area contributed by atoms with Gasteiger partial charge in [-0.25, -0.2) is 0 Å². The summed E-state index contributed by atoms with van der Waals surface area (Å²) >= 11 is 17.1. The summed E-state index contributed by atoms with van der Waals surface area (Å²) in [5.74, 6) is 2.00. The first kappa shape index (κ1) is 26.6. The summed E-state index contributed by atoms with van der Waals surface area (Å²) in [6.45, 7) is 6.50. The van der Waals surface area contributed by atoms with E-state index >= 15 is 0 Å². The van der Waals surface area contributed by atoms with Gasteiger partial charge in [-0.15, -0.1) is 12.3 Å². The van der Waals surface area contributed by atoms with Crippen LogP contribution in [0.3, 0.4) is 0 Å². The monoisotopic (exact) mass is 452 g/mol. The van der Waals surface area contributed by atoms with E-state index in [1.165, 1.54) is 13.2 Å². The summed E-state index contributed by atoms with van der Waals surface area (Å²) in [4.78, 5) is 37.3. The fourth-order valence-electron chi connectivity index (χ4n) is 2.01. The number of carbonyl (C=O) groups excluding carboxylic acids is 3. The lowest BCUT2D eigenvalue weighted by Gasteiger charge is -2.24. The topological polar surface area (TPSA) is 75.7 Å². The van der Waals surface area contributed by atoms with Crippen molar-refractivity contribution in [1.82, 2.24) is 10.2 Å². The van der Waals surface area contributed by atoms with Crippen LogP contribution in [0.25, 0.3) is 0 Å². The molecule has 0 aromatic carbocycles. The molecular formula is C19H27Cl3N2O4. The van der Waals surface area contributed by atoms with Crippen LogP contribution in [0, 0.1) is 18.3 Å². The number of methoxy groups -OCH3 is 1. The Morgan fingerprint density at radius 3 is 2.36 bits per heavy atom. The molecule has 0 aliphatic carbocycles. The predicted octanol–water partition coefficient (Wildman–Crippen LogP) is 3.60. The Balaban J connectivity index is 0.00000165. The number of halogens is 3. The average molecular weight is 454 g/mol. The van der Waals surface area contributed by atoms with E-state index in [4.69, 9.17) is 46.0 Å². The second-order valence-corrected chi connectivity index (χ2v) is 9.30. The summed E-state index contributed by atoms with van der Waals surface area (Å²) < 4.78 is 3.39. The van der Waals surface area contributed by atoms with Crippen molar-refractivity contribution in [3.8, 4) is 12.3 Å². The molecule has 0 bridgehead atoms. The number of hydrogen-bond donors (Lipinski definition) is 1. The van der Waals surface area contributed by atoms with Crippen LogP contribution in [0.2, 0.25) is 0 Å². The van der Waals surface area contributed by atoms with Gasteiger partial charge in [0.25, 0.3) is 11.8 Å². The molecule has 28 heavy (non-hydrogen) atoms. The molecule has 0 aromatic heterocycles. The Hall–Kier alpha value is -1.42. The van der Waals surface area contributed by atoms with Crippen LogP contribution in [0.4, 0.5) is 0 Å². The zero-order chi connectivity index (χ0) is 21.9. The summed E-state index contributed by atoms with van der Waals surface area (Å²) in [5, 5.41) is 2.54. The summed E-state index contributed by atoms with van der Waals surface area (Å²) in [7, 11) is 1.40. The third kappa shape index (κ3) is 11.4. The van der Waals surface area contributed by atoms with Gasteiger partial charge in [-0.1, -0.05) is 55.6 Å². The molecule has 0 aromatic rings. The molecule has 0 spiro atoms. The largest absolute Gasteiger partial charge is 0.499 e. The van der Waals surface area contributed by atoms with Crippen LogP contribution >= 0.6 is 34.8 Å². The van der Waals surface area contributed by atoms with Crippen molar-refractivity contribution in [1.29, 1.82) is 0 Å². The third-order valence-electron chi connectivity index (χ3n) is 3.24. The Bertz CT molecular complexity index is 619. The van der Waals surface area contributed by atoms with Gasteiger partial charge in [-0.2, -0.15) is 0 Å². The van der Waals surface area contributed by atoms with E-state index in [0.717, 1.165) is 10.8 Å². The summed E-state index contributed by atoms with van der Waals surface area (Å²) in [5.41, 5.74) is 0. The van der Waals surface area contributed by atoms with E-state index in [1.807, 2.05) is 0 Å². The Morgan fingerprint density at radius 2 is 1.93 bits per heavy atom. The lowest BCUT2D eigenvalue weighted by molar-refractivity contribution is -0.143. The van der Waals surface area contributed by atoms with Crippen molar-refractivity contribution in [3.63, 3.8) is 0 Å². The van der Waals surface area contributed by atoms with Crippen molar-refractivity contribution in [2.75, 3.05) is 13.7 Å². The van der Waals surface area contributed by atoms with Crippen molar-refractivity contribution in [3.05, 3.63) is 11.8 Å². The molecule has 1 heterocycles. The van der Waals surface area contributed by atoms with E-state index in [-0.39, 0.29) is 32.2 Å². The molecule has 1 rings (SSSR count). The Morgan fingerprint density at radius 1 is 1.36 bits per heavy atom. The number of alkyl halides is 3. The van der Waals surface area contributed by atoms with Crippen molar-refractivity contribution in [2.45, 2.75) is 56.3 Å². The zero-order valence-corrected chi connectivity index (χ0v) is 18.8. The Labute approximate surface area is 181 Å². The van der Waals surface area contributed by atoms with E-state index in [2.05, 4.69) is 32.0 Å². The number of amides is 3. The van der Waals surface area contributed by atoms with Gasteiger partial charge in [0.05, 0.1) is 13.7 Å². The number of imide groups is 1. The molecule has 1 N–H and O–H groups in total. The number of terminal acetylenes is 1. The molecule has 6 nitrogen and oxygen atoms in total. The maximum absolute atomic E-state index is 12.6. The van der Waals surface area contributed by atoms with Crippen LogP contribution in [0.1, 0.15) is 46.5 Å². The van der Waals surface area contributed by atoms with Crippen molar-refractivity contribution in [2.24, 2.45) is 5.92 Å². The SMILES string of the molecule is C#CCCC(=O)NC(CCC(Cl)(Cl)Cl)C(=O)N1CC(OC)=CC1=O.CC(C)C. The van der Waals surface area contributed by atoms with Gasteiger partial charge in [0.15, 0.2) is 3.79 Å². The first-order valence-electron chi connectivity index (χ1n) is 8.80. The fraction of sp³-hybridized carbons (Fsp3) is 0.632. The first-order chi connectivity index (χ1) is 12.9. The van der Waals surface area contributed by atoms with E-state index in [0.29, 0.717) is 5.76 Å². The molecule has 9 heteroatoms.